The highest BCUT2D eigenvalue weighted by molar-refractivity contribution is 7.73. The smallest absolute Gasteiger partial charge is 0.205 e. The maximum absolute atomic E-state index is 9.99. The van der Waals surface area contributed by atoms with Gasteiger partial charge in [-0.25, -0.2) is 5.43 Å². The van der Waals surface area contributed by atoms with E-state index in [1.165, 1.54) is 12.3 Å². The SMILES string of the molecule is O=S(=O)=C1C=C[N]N1. The maximum Gasteiger partial charge on any atom is 0.234 e. The van der Waals surface area contributed by atoms with E-state index in [1.807, 2.05) is 0 Å². The molecule has 0 spiro atoms. The van der Waals surface area contributed by atoms with Crippen molar-refractivity contribution in [1.82, 2.24) is 10.9 Å². The van der Waals surface area contributed by atoms with Gasteiger partial charge in [-0.3, -0.25) is 0 Å². The lowest BCUT2D eigenvalue weighted by Gasteiger charge is -1.81. The zero-order valence-electron chi connectivity index (χ0n) is 3.83. The molecule has 1 heterocycles. The second-order valence-electron chi connectivity index (χ2n) is 1.16. The Labute approximate surface area is 47.7 Å². The van der Waals surface area contributed by atoms with Crippen molar-refractivity contribution in [3.63, 3.8) is 0 Å². The molecular weight excluding hydrogens is 128 g/mol. The number of hydrogen-bond donors (Lipinski definition) is 1. The summed E-state index contributed by atoms with van der Waals surface area (Å²) in [5, 5.41) is 0. The molecular formula is C3H3N2O2S. The van der Waals surface area contributed by atoms with Crippen LogP contribution in [0.15, 0.2) is 12.3 Å². The normalized spacial score (nSPS) is 16.2. The van der Waals surface area contributed by atoms with E-state index >= 15 is 0 Å². The minimum Gasteiger partial charge on any atom is -0.205 e. The van der Waals surface area contributed by atoms with Crippen LogP contribution in [0.1, 0.15) is 0 Å². The standard InChI is InChI=1S/C3H3N2O2S/c6-8(7)3-1-2-4-5-3/h1-2,5H. The van der Waals surface area contributed by atoms with Crippen LogP contribution < -0.4 is 10.9 Å². The van der Waals surface area contributed by atoms with Crippen LogP contribution in [0.3, 0.4) is 0 Å². The molecule has 0 saturated heterocycles. The van der Waals surface area contributed by atoms with Crippen molar-refractivity contribution < 1.29 is 8.42 Å². The molecule has 43 valence electrons. The van der Waals surface area contributed by atoms with Gasteiger partial charge >= 0.3 is 0 Å². The number of nitrogens with one attached hydrogen (secondary N) is 1. The molecule has 4 nitrogen and oxygen atoms in total. The third kappa shape index (κ3) is 0.877. The first-order valence-electron chi connectivity index (χ1n) is 1.89. The van der Waals surface area contributed by atoms with Gasteiger partial charge in [0, 0.05) is 6.20 Å². The molecule has 0 fully saturated rings. The summed E-state index contributed by atoms with van der Waals surface area (Å²) < 4.78 is 20.0. The van der Waals surface area contributed by atoms with Crippen LogP contribution in [0.25, 0.3) is 0 Å². The van der Waals surface area contributed by atoms with Crippen molar-refractivity contribution >= 4 is 15.3 Å². The zero-order chi connectivity index (χ0) is 5.98. The van der Waals surface area contributed by atoms with Gasteiger partial charge in [0.25, 0.3) is 0 Å². The van der Waals surface area contributed by atoms with E-state index in [9.17, 15) is 8.42 Å². The Kier molecular flexibility index (Phi) is 1.32. The lowest BCUT2D eigenvalue weighted by Crippen LogP contribution is -2.20. The molecule has 1 aliphatic rings. The molecule has 1 radical (unpaired) electrons. The molecule has 1 aliphatic heterocycles. The Hall–Kier alpha value is -0.810. The molecule has 0 amide bonds. The Morgan fingerprint density at radius 3 is 2.62 bits per heavy atom. The molecule has 0 unspecified atom stereocenters. The molecule has 8 heavy (non-hydrogen) atoms. The zero-order valence-corrected chi connectivity index (χ0v) is 4.64. The van der Waals surface area contributed by atoms with Crippen LogP contribution in [0, 0.1) is 0 Å². The molecule has 0 atom stereocenters. The van der Waals surface area contributed by atoms with E-state index in [0.29, 0.717) is 0 Å². The average molecular weight is 131 g/mol. The summed E-state index contributed by atoms with van der Waals surface area (Å²) in [4.78, 5) is 0.116. The van der Waals surface area contributed by atoms with Crippen LogP contribution in [0.5, 0.6) is 0 Å². The fourth-order valence-corrected chi connectivity index (χ4v) is 0.635. The first-order valence-corrected chi connectivity index (χ1v) is 2.97. The van der Waals surface area contributed by atoms with Crippen LogP contribution in [0.2, 0.25) is 0 Å². The number of rotatable bonds is 0. The van der Waals surface area contributed by atoms with Crippen molar-refractivity contribution in [2.24, 2.45) is 0 Å². The second-order valence-corrected chi connectivity index (χ2v) is 2.06. The fraction of sp³-hybridized carbons (Fsp3) is 0. The molecule has 0 bridgehead atoms. The summed E-state index contributed by atoms with van der Waals surface area (Å²) in [6.07, 6.45) is 2.76. The summed E-state index contributed by atoms with van der Waals surface area (Å²) in [7, 11) is -2.17. The van der Waals surface area contributed by atoms with E-state index in [-0.39, 0.29) is 4.99 Å². The van der Waals surface area contributed by atoms with E-state index < -0.39 is 10.3 Å². The fourth-order valence-electron chi connectivity index (χ4n) is 0.336. The van der Waals surface area contributed by atoms with E-state index in [2.05, 4.69) is 10.9 Å². The van der Waals surface area contributed by atoms with E-state index in [0.717, 1.165) is 0 Å². The Balaban J connectivity index is 3.07. The van der Waals surface area contributed by atoms with E-state index in [1.54, 1.807) is 0 Å². The third-order valence-electron chi connectivity index (χ3n) is 0.655. The topological polar surface area (TPSA) is 60.3 Å². The summed E-state index contributed by atoms with van der Waals surface area (Å²) in [5.74, 6) is 0. The summed E-state index contributed by atoms with van der Waals surface area (Å²) in [6.45, 7) is 0. The summed E-state index contributed by atoms with van der Waals surface area (Å²) in [6, 6.07) is 0. The minimum absolute atomic E-state index is 0.116. The third-order valence-corrected chi connectivity index (χ3v) is 1.24. The van der Waals surface area contributed by atoms with Gasteiger partial charge in [-0.1, -0.05) is 0 Å². The van der Waals surface area contributed by atoms with Gasteiger partial charge < -0.3 is 0 Å². The molecule has 1 rings (SSSR count). The van der Waals surface area contributed by atoms with Gasteiger partial charge in [-0.2, -0.15) is 13.8 Å². The van der Waals surface area contributed by atoms with Crippen molar-refractivity contribution in [3.05, 3.63) is 12.3 Å². The molecule has 5 heteroatoms. The van der Waals surface area contributed by atoms with Gasteiger partial charge in [0.2, 0.25) is 10.3 Å². The highest BCUT2D eigenvalue weighted by Gasteiger charge is 1.99. The van der Waals surface area contributed by atoms with Crippen LogP contribution >= 0.6 is 0 Å². The van der Waals surface area contributed by atoms with Crippen LogP contribution in [0.4, 0.5) is 0 Å². The van der Waals surface area contributed by atoms with Gasteiger partial charge in [-0.05, 0) is 6.08 Å². The maximum atomic E-state index is 9.99. The average Bonchev–Trinajstić information content (AvgIpc) is 2.12. The predicted octanol–water partition coefficient (Wildman–Crippen LogP) is -1.37. The Bertz CT molecular complexity index is 230. The first-order chi connectivity index (χ1) is 3.80. The van der Waals surface area contributed by atoms with Gasteiger partial charge in [-0.15, -0.1) is 0 Å². The molecule has 0 aliphatic carbocycles. The Morgan fingerprint density at radius 2 is 2.38 bits per heavy atom. The molecule has 0 saturated carbocycles. The molecule has 0 aromatic rings. The minimum atomic E-state index is -2.17. The Morgan fingerprint density at radius 1 is 1.62 bits per heavy atom. The monoisotopic (exact) mass is 131 g/mol. The van der Waals surface area contributed by atoms with E-state index in [4.69, 9.17) is 0 Å². The molecule has 0 aromatic carbocycles. The van der Waals surface area contributed by atoms with Crippen LogP contribution in [-0.4, -0.2) is 13.4 Å². The van der Waals surface area contributed by atoms with Crippen molar-refractivity contribution in [2.45, 2.75) is 0 Å². The summed E-state index contributed by atoms with van der Waals surface area (Å²) in [5.41, 5.74) is 5.70. The number of nitrogens with zero attached hydrogens (tertiary/aromatic N) is 1. The molecule has 1 N–H and O–H groups in total. The van der Waals surface area contributed by atoms with Gasteiger partial charge in [0.05, 0.1) is 0 Å². The number of hydrogen-bond acceptors (Lipinski definition) is 2. The highest BCUT2D eigenvalue weighted by Crippen LogP contribution is 1.78. The van der Waals surface area contributed by atoms with Crippen LogP contribution in [-0.2, 0) is 10.3 Å². The van der Waals surface area contributed by atoms with Crippen molar-refractivity contribution in [1.29, 1.82) is 0 Å². The van der Waals surface area contributed by atoms with Crippen molar-refractivity contribution in [3.8, 4) is 0 Å². The molecule has 0 aromatic heterocycles. The predicted molar refractivity (Wildman–Crippen MR) is 28.3 cm³/mol. The second kappa shape index (κ2) is 1.97. The first kappa shape index (κ1) is 5.33. The lowest BCUT2D eigenvalue weighted by molar-refractivity contribution is 0.626. The van der Waals surface area contributed by atoms with Gasteiger partial charge in [0.15, 0.2) is 4.99 Å². The highest BCUT2D eigenvalue weighted by atomic mass is 32.2. The largest absolute Gasteiger partial charge is 0.234 e. The van der Waals surface area contributed by atoms with Gasteiger partial charge in [0.1, 0.15) is 0 Å². The quantitative estimate of drug-likeness (QED) is 0.413. The summed E-state index contributed by atoms with van der Waals surface area (Å²) >= 11 is 0. The lowest BCUT2D eigenvalue weighted by atomic mass is 10.7. The van der Waals surface area contributed by atoms with Crippen molar-refractivity contribution in [2.75, 3.05) is 0 Å².